The predicted octanol–water partition coefficient (Wildman–Crippen LogP) is 1.90. The van der Waals surface area contributed by atoms with Gasteiger partial charge < -0.3 is 15.8 Å². The maximum absolute atomic E-state index is 5.67. The highest BCUT2D eigenvalue weighted by Crippen LogP contribution is 1.90. The van der Waals surface area contributed by atoms with Crippen LogP contribution in [0.1, 0.15) is 46.0 Å². The number of hydrogen-bond acceptors (Lipinski definition) is 2. The summed E-state index contributed by atoms with van der Waals surface area (Å²) in [5, 5.41) is 3.08. The molecule has 0 aliphatic carbocycles. The summed E-state index contributed by atoms with van der Waals surface area (Å²) in [6, 6.07) is 0. The first-order chi connectivity index (χ1) is 7.81. The van der Waals surface area contributed by atoms with E-state index in [1.54, 1.807) is 0 Å². The third kappa shape index (κ3) is 11.3. The van der Waals surface area contributed by atoms with Crippen LogP contribution >= 0.6 is 0 Å². The maximum Gasteiger partial charge on any atom is 0.188 e. The lowest BCUT2D eigenvalue weighted by Crippen LogP contribution is -2.32. The number of unbranched alkanes of at least 4 members (excludes halogenated alkanes) is 2. The van der Waals surface area contributed by atoms with Gasteiger partial charge in [0.1, 0.15) is 0 Å². The molecule has 0 heterocycles. The van der Waals surface area contributed by atoms with Crippen LogP contribution in [0.25, 0.3) is 0 Å². The second-order valence-corrected chi connectivity index (χ2v) is 3.87. The Labute approximate surface area is 99.7 Å². The zero-order chi connectivity index (χ0) is 12.1. The van der Waals surface area contributed by atoms with Crippen LogP contribution in [0, 0.1) is 0 Å². The molecule has 0 fully saturated rings. The fourth-order valence-corrected chi connectivity index (χ4v) is 1.16. The Morgan fingerprint density at radius 2 is 1.81 bits per heavy atom. The van der Waals surface area contributed by atoms with E-state index in [0.29, 0.717) is 5.96 Å². The molecule has 0 atom stereocenters. The Hall–Kier alpha value is -0.770. The Balaban J connectivity index is 3.23. The molecule has 0 saturated carbocycles. The molecule has 0 unspecified atom stereocenters. The summed E-state index contributed by atoms with van der Waals surface area (Å²) in [6.45, 7) is 7.63. The molecule has 0 saturated heterocycles. The standard InChI is InChI=1S/C12H27N3O/c1-3-5-8-14-12(13)15-9-7-11-16-10-6-4-2/h3-11H2,1-2H3,(H3,13,14,15). The summed E-state index contributed by atoms with van der Waals surface area (Å²) < 4.78 is 5.42. The second kappa shape index (κ2) is 12.3. The molecule has 0 aromatic heterocycles. The van der Waals surface area contributed by atoms with E-state index in [2.05, 4.69) is 24.2 Å². The zero-order valence-electron chi connectivity index (χ0n) is 10.8. The third-order valence-corrected chi connectivity index (χ3v) is 2.21. The number of nitrogens with one attached hydrogen (secondary N) is 1. The molecule has 0 aliphatic rings. The van der Waals surface area contributed by atoms with Crippen molar-refractivity contribution in [1.29, 1.82) is 0 Å². The van der Waals surface area contributed by atoms with Crippen molar-refractivity contribution in [3.63, 3.8) is 0 Å². The molecule has 0 rings (SSSR count). The van der Waals surface area contributed by atoms with Crippen molar-refractivity contribution in [2.45, 2.75) is 46.0 Å². The molecule has 0 aliphatic heterocycles. The van der Waals surface area contributed by atoms with Crippen LogP contribution in [0.2, 0.25) is 0 Å². The number of hydrogen-bond donors (Lipinski definition) is 2. The van der Waals surface area contributed by atoms with Crippen LogP contribution in [0.3, 0.4) is 0 Å². The number of rotatable bonds is 10. The van der Waals surface area contributed by atoms with Gasteiger partial charge in [-0.1, -0.05) is 26.7 Å². The van der Waals surface area contributed by atoms with E-state index in [-0.39, 0.29) is 0 Å². The topological polar surface area (TPSA) is 59.6 Å². The van der Waals surface area contributed by atoms with Gasteiger partial charge in [0, 0.05) is 26.3 Å². The Bertz CT molecular complexity index is 172. The average molecular weight is 229 g/mol. The molecule has 16 heavy (non-hydrogen) atoms. The summed E-state index contributed by atoms with van der Waals surface area (Å²) in [5.41, 5.74) is 5.67. The van der Waals surface area contributed by atoms with Gasteiger partial charge in [-0.2, -0.15) is 0 Å². The van der Waals surface area contributed by atoms with Crippen LogP contribution in [0.4, 0.5) is 0 Å². The maximum atomic E-state index is 5.67. The smallest absolute Gasteiger partial charge is 0.188 e. The first-order valence-electron chi connectivity index (χ1n) is 6.42. The van der Waals surface area contributed by atoms with Gasteiger partial charge in [0.2, 0.25) is 0 Å². The van der Waals surface area contributed by atoms with E-state index in [1.807, 2.05) is 0 Å². The quantitative estimate of drug-likeness (QED) is 0.342. The molecule has 0 aromatic rings. The molecule has 0 bridgehead atoms. The van der Waals surface area contributed by atoms with E-state index in [1.165, 1.54) is 12.8 Å². The highest BCUT2D eigenvalue weighted by atomic mass is 16.5. The third-order valence-electron chi connectivity index (χ3n) is 2.21. The first-order valence-corrected chi connectivity index (χ1v) is 6.42. The summed E-state index contributed by atoms with van der Waals surface area (Å²) >= 11 is 0. The molecule has 3 N–H and O–H groups in total. The number of nitrogens with zero attached hydrogens (tertiary/aromatic N) is 1. The normalized spacial score (nSPS) is 11.8. The highest BCUT2D eigenvalue weighted by molar-refractivity contribution is 5.77. The van der Waals surface area contributed by atoms with Gasteiger partial charge in [-0.05, 0) is 19.3 Å². The van der Waals surface area contributed by atoms with Gasteiger partial charge in [0.05, 0.1) is 0 Å². The van der Waals surface area contributed by atoms with Gasteiger partial charge in [-0.25, -0.2) is 0 Å². The van der Waals surface area contributed by atoms with Gasteiger partial charge >= 0.3 is 0 Å². The van der Waals surface area contributed by atoms with Gasteiger partial charge in [-0.15, -0.1) is 0 Å². The molecule has 0 spiro atoms. The monoisotopic (exact) mass is 229 g/mol. The molecule has 4 nitrogen and oxygen atoms in total. The molecule has 0 radical (unpaired) electrons. The van der Waals surface area contributed by atoms with Crippen LogP contribution in [-0.4, -0.2) is 32.3 Å². The van der Waals surface area contributed by atoms with E-state index in [4.69, 9.17) is 10.5 Å². The van der Waals surface area contributed by atoms with Crippen molar-refractivity contribution in [3.8, 4) is 0 Å². The minimum atomic E-state index is 0.557. The SMILES string of the molecule is CCCCNC(N)=NCCCOCCCC. The van der Waals surface area contributed by atoms with Crippen LogP contribution < -0.4 is 11.1 Å². The van der Waals surface area contributed by atoms with Gasteiger partial charge in [0.15, 0.2) is 5.96 Å². The minimum absolute atomic E-state index is 0.557. The average Bonchev–Trinajstić information content (AvgIpc) is 2.28. The molecule has 4 heteroatoms. The number of aliphatic imine (C=N–C) groups is 1. The summed E-state index contributed by atoms with van der Waals surface area (Å²) in [4.78, 5) is 4.22. The van der Waals surface area contributed by atoms with Crippen LogP contribution in [-0.2, 0) is 4.74 Å². The van der Waals surface area contributed by atoms with Crippen molar-refractivity contribution in [2.24, 2.45) is 10.7 Å². The fraction of sp³-hybridized carbons (Fsp3) is 0.917. The van der Waals surface area contributed by atoms with E-state index in [0.717, 1.165) is 45.6 Å². The highest BCUT2D eigenvalue weighted by Gasteiger charge is 1.91. The zero-order valence-corrected chi connectivity index (χ0v) is 10.8. The van der Waals surface area contributed by atoms with Crippen molar-refractivity contribution in [1.82, 2.24) is 5.32 Å². The largest absolute Gasteiger partial charge is 0.381 e. The van der Waals surface area contributed by atoms with E-state index in [9.17, 15) is 0 Å². The second-order valence-electron chi connectivity index (χ2n) is 3.87. The Morgan fingerprint density at radius 1 is 1.12 bits per heavy atom. The number of guanidine groups is 1. The Kier molecular flexibility index (Phi) is 11.7. The molecular weight excluding hydrogens is 202 g/mol. The fourth-order valence-electron chi connectivity index (χ4n) is 1.16. The predicted molar refractivity (Wildman–Crippen MR) is 69.7 cm³/mol. The minimum Gasteiger partial charge on any atom is -0.381 e. The lowest BCUT2D eigenvalue weighted by Gasteiger charge is -2.04. The lowest BCUT2D eigenvalue weighted by molar-refractivity contribution is 0.130. The summed E-state index contributed by atoms with van der Waals surface area (Å²) in [6.07, 6.45) is 5.58. The summed E-state index contributed by atoms with van der Waals surface area (Å²) in [7, 11) is 0. The van der Waals surface area contributed by atoms with Crippen LogP contribution in [0.15, 0.2) is 4.99 Å². The number of nitrogens with two attached hydrogens (primary N) is 1. The summed E-state index contributed by atoms with van der Waals surface area (Å²) in [5.74, 6) is 0.557. The van der Waals surface area contributed by atoms with Crippen molar-refractivity contribution in [2.75, 3.05) is 26.3 Å². The van der Waals surface area contributed by atoms with Gasteiger partial charge in [0.25, 0.3) is 0 Å². The number of ether oxygens (including phenoxy) is 1. The molecule has 0 aromatic carbocycles. The van der Waals surface area contributed by atoms with Crippen molar-refractivity contribution < 1.29 is 4.74 Å². The van der Waals surface area contributed by atoms with Crippen LogP contribution in [0.5, 0.6) is 0 Å². The molecule has 96 valence electrons. The Morgan fingerprint density at radius 3 is 2.50 bits per heavy atom. The first kappa shape index (κ1) is 15.2. The molecule has 0 amide bonds. The van der Waals surface area contributed by atoms with E-state index < -0.39 is 0 Å². The van der Waals surface area contributed by atoms with E-state index >= 15 is 0 Å². The molecular formula is C12H27N3O. The lowest BCUT2D eigenvalue weighted by atomic mass is 10.3. The van der Waals surface area contributed by atoms with Gasteiger partial charge in [-0.3, -0.25) is 4.99 Å². The van der Waals surface area contributed by atoms with Crippen molar-refractivity contribution in [3.05, 3.63) is 0 Å². The van der Waals surface area contributed by atoms with Crippen molar-refractivity contribution >= 4 is 5.96 Å².